The molecule has 1 heterocycles. The quantitative estimate of drug-likeness (QED) is 0.837. The highest BCUT2D eigenvalue weighted by atomic mass is 32.1. The highest BCUT2D eigenvalue weighted by molar-refractivity contribution is 7.11. The molecule has 2 aromatic rings. The number of rotatable bonds is 7. The van der Waals surface area contributed by atoms with Gasteiger partial charge in [0.05, 0.1) is 0 Å². The molecule has 0 saturated carbocycles. The maximum Gasteiger partial charge on any atom is 0.140 e. The van der Waals surface area contributed by atoms with Crippen molar-refractivity contribution in [3.8, 4) is 5.75 Å². The number of hydrogen-bond donors (Lipinski definition) is 1. The van der Waals surface area contributed by atoms with Crippen molar-refractivity contribution in [2.24, 2.45) is 5.92 Å². The Morgan fingerprint density at radius 3 is 2.76 bits per heavy atom. The number of nitrogens with one attached hydrogen (secondary N) is 1. The van der Waals surface area contributed by atoms with Gasteiger partial charge >= 0.3 is 0 Å². The fourth-order valence-electron chi connectivity index (χ4n) is 1.93. The maximum absolute atomic E-state index is 5.81. The van der Waals surface area contributed by atoms with Crippen molar-refractivity contribution in [2.45, 2.75) is 40.8 Å². The first-order valence-electron chi connectivity index (χ1n) is 7.39. The Kier molecular flexibility index (Phi) is 5.76. The molecule has 0 unspecified atom stereocenters. The number of hydrogen-bond acceptors (Lipinski definition) is 4. The van der Waals surface area contributed by atoms with Gasteiger partial charge in [-0.15, -0.1) is 11.3 Å². The lowest BCUT2D eigenvalue weighted by Gasteiger charge is -2.06. The average molecular weight is 304 g/mol. The third-order valence-corrected chi connectivity index (χ3v) is 4.26. The molecule has 0 bridgehead atoms. The summed E-state index contributed by atoms with van der Waals surface area (Å²) in [5.41, 5.74) is 2.54. The SMILES string of the molecule is Cc1ccc(OCc2ncc(CNCC(C)C)s2)cc1C. The lowest BCUT2D eigenvalue weighted by molar-refractivity contribution is 0.305. The molecule has 0 amide bonds. The Morgan fingerprint density at radius 2 is 2.05 bits per heavy atom. The van der Waals surface area contributed by atoms with Crippen molar-refractivity contribution in [2.75, 3.05) is 6.54 Å². The molecule has 0 spiro atoms. The van der Waals surface area contributed by atoms with Gasteiger partial charge in [0.15, 0.2) is 0 Å². The fourth-order valence-corrected chi connectivity index (χ4v) is 2.73. The van der Waals surface area contributed by atoms with Crippen LogP contribution in [0.25, 0.3) is 0 Å². The van der Waals surface area contributed by atoms with Crippen molar-refractivity contribution in [3.63, 3.8) is 0 Å². The summed E-state index contributed by atoms with van der Waals surface area (Å²) in [5.74, 6) is 1.58. The van der Waals surface area contributed by atoms with Crippen molar-refractivity contribution >= 4 is 11.3 Å². The van der Waals surface area contributed by atoms with E-state index in [-0.39, 0.29) is 0 Å². The molecule has 0 atom stereocenters. The molecule has 0 saturated heterocycles. The molecule has 2 rings (SSSR count). The van der Waals surface area contributed by atoms with Crippen molar-refractivity contribution in [1.29, 1.82) is 0 Å². The average Bonchev–Trinajstić information content (AvgIpc) is 2.88. The number of aryl methyl sites for hydroxylation is 2. The van der Waals surface area contributed by atoms with E-state index in [4.69, 9.17) is 4.74 Å². The minimum atomic E-state index is 0.539. The lowest BCUT2D eigenvalue weighted by Crippen LogP contribution is -2.18. The summed E-state index contributed by atoms with van der Waals surface area (Å²) >= 11 is 1.71. The third kappa shape index (κ3) is 5.14. The second-order valence-corrected chi connectivity index (χ2v) is 6.98. The maximum atomic E-state index is 5.81. The van der Waals surface area contributed by atoms with E-state index < -0.39 is 0 Å². The van der Waals surface area contributed by atoms with Gasteiger partial charge in [0.1, 0.15) is 17.4 Å². The summed E-state index contributed by atoms with van der Waals surface area (Å²) in [7, 11) is 0. The number of thiazole rings is 1. The Labute approximate surface area is 131 Å². The zero-order valence-electron chi connectivity index (χ0n) is 13.3. The Hall–Kier alpha value is -1.39. The fraction of sp³-hybridized carbons (Fsp3) is 0.471. The first kappa shape index (κ1) is 16.0. The van der Waals surface area contributed by atoms with Crippen LogP contribution in [0.4, 0.5) is 0 Å². The summed E-state index contributed by atoms with van der Waals surface area (Å²) in [4.78, 5) is 5.68. The molecule has 0 radical (unpaired) electrons. The van der Waals surface area contributed by atoms with E-state index in [0.717, 1.165) is 23.8 Å². The van der Waals surface area contributed by atoms with Crippen molar-refractivity contribution < 1.29 is 4.74 Å². The minimum Gasteiger partial charge on any atom is -0.486 e. The van der Waals surface area contributed by atoms with Crippen LogP contribution in [0.1, 0.15) is 34.9 Å². The molecular formula is C17H24N2OS. The highest BCUT2D eigenvalue weighted by Gasteiger charge is 2.04. The van der Waals surface area contributed by atoms with E-state index in [2.05, 4.69) is 50.1 Å². The number of nitrogens with zero attached hydrogens (tertiary/aromatic N) is 1. The molecule has 1 N–H and O–H groups in total. The molecule has 0 aliphatic rings. The monoisotopic (exact) mass is 304 g/mol. The number of benzene rings is 1. The predicted octanol–water partition coefficient (Wildman–Crippen LogP) is 4.08. The van der Waals surface area contributed by atoms with E-state index in [1.165, 1.54) is 16.0 Å². The Balaban J connectivity index is 1.83. The minimum absolute atomic E-state index is 0.539. The summed E-state index contributed by atoms with van der Waals surface area (Å²) in [6.07, 6.45) is 1.94. The molecule has 0 fully saturated rings. The highest BCUT2D eigenvalue weighted by Crippen LogP contribution is 2.19. The summed E-state index contributed by atoms with van der Waals surface area (Å²) in [5, 5.41) is 4.45. The lowest BCUT2D eigenvalue weighted by atomic mass is 10.1. The van der Waals surface area contributed by atoms with Gasteiger partial charge in [-0.2, -0.15) is 0 Å². The van der Waals surface area contributed by atoms with Crippen LogP contribution in [-0.2, 0) is 13.2 Å². The normalized spacial score (nSPS) is 11.1. The van der Waals surface area contributed by atoms with Gasteiger partial charge in [-0.25, -0.2) is 4.98 Å². The van der Waals surface area contributed by atoms with Gasteiger partial charge in [0.25, 0.3) is 0 Å². The Bertz CT molecular complexity index is 578. The van der Waals surface area contributed by atoms with Crippen LogP contribution in [0, 0.1) is 19.8 Å². The molecule has 21 heavy (non-hydrogen) atoms. The van der Waals surface area contributed by atoms with Gasteiger partial charge < -0.3 is 10.1 Å². The van der Waals surface area contributed by atoms with E-state index in [1.54, 1.807) is 11.3 Å². The van der Waals surface area contributed by atoms with Crippen LogP contribution in [-0.4, -0.2) is 11.5 Å². The van der Waals surface area contributed by atoms with Gasteiger partial charge in [0.2, 0.25) is 0 Å². The van der Waals surface area contributed by atoms with Gasteiger partial charge in [0, 0.05) is 17.6 Å². The Morgan fingerprint density at radius 1 is 1.24 bits per heavy atom. The van der Waals surface area contributed by atoms with Crippen LogP contribution >= 0.6 is 11.3 Å². The van der Waals surface area contributed by atoms with Crippen LogP contribution in [0.3, 0.4) is 0 Å². The number of ether oxygens (including phenoxy) is 1. The first-order chi connectivity index (χ1) is 10.0. The summed E-state index contributed by atoms with van der Waals surface area (Å²) in [6, 6.07) is 6.18. The van der Waals surface area contributed by atoms with Gasteiger partial charge in [-0.05, 0) is 49.6 Å². The predicted molar refractivity (Wildman–Crippen MR) is 88.9 cm³/mol. The summed E-state index contributed by atoms with van der Waals surface area (Å²) in [6.45, 7) is 11.1. The van der Waals surface area contributed by atoms with E-state index >= 15 is 0 Å². The zero-order chi connectivity index (χ0) is 15.2. The topological polar surface area (TPSA) is 34.1 Å². The summed E-state index contributed by atoms with van der Waals surface area (Å²) < 4.78 is 5.81. The molecule has 0 aliphatic carbocycles. The molecule has 114 valence electrons. The number of aromatic nitrogens is 1. The molecule has 3 nitrogen and oxygen atoms in total. The molecular weight excluding hydrogens is 280 g/mol. The largest absolute Gasteiger partial charge is 0.486 e. The molecule has 4 heteroatoms. The van der Waals surface area contributed by atoms with Crippen LogP contribution in [0.15, 0.2) is 24.4 Å². The third-order valence-electron chi connectivity index (χ3n) is 3.29. The van der Waals surface area contributed by atoms with Crippen molar-refractivity contribution in [3.05, 3.63) is 45.4 Å². The van der Waals surface area contributed by atoms with Crippen LogP contribution in [0.5, 0.6) is 5.75 Å². The van der Waals surface area contributed by atoms with Gasteiger partial charge in [-0.3, -0.25) is 0 Å². The van der Waals surface area contributed by atoms with Crippen molar-refractivity contribution in [1.82, 2.24) is 10.3 Å². The van der Waals surface area contributed by atoms with E-state index in [9.17, 15) is 0 Å². The van der Waals surface area contributed by atoms with Crippen LogP contribution < -0.4 is 10.1 Å². The first-order valence-corrected chi connectivity index (χ1v) is 8.20. The van der Waals surface area contributed by atoms with Gasteiger partial charge in [-0.1, -0.05) is 19.9 Å². The smallest absolute Gasteiger partial charge is 0.140 e. The van der Waals surface area contributed by atoms with E-state index in [1.807, 2.05) is 12.3 Å². The molecule has 1 aromatic carbocycles. The van der Waals surface area contributed by atoms with Crippen LogP contribution in [0.2, 0.25) is 0 Å². The second-order valence-electron chi connectivity index (χ2n) is 5.78. The van der Waals surface area contributed by atoms with E-state index in [0.29, 0.717) is 12.5 Å². The second kappa shape index (κ2) is 7.57. The zero-order valence-corrected chi connectivity index (χ0v) is 14.1. The standard InChI is InChI=1S/C17H24N2OS/c1-12(2)8-18-9-16-10-19-17(21-16)11-20-15-6-5-13(3)14(4)7-15/h5-7,10,12,18H,8-9,11H2,1-4H3. The molecule has 1 aromatic heterocycles. The molecule has 0 aliphatic heterocycles.